The Bertz CT molecular complexity index is 724. The van der Waals surface area contributed by atoms with Crippen molar-refractivity contribution >= 4 is 5.91 Å². The molecular formula is C21H26N2O3. The summed E-state index contributed by atoms with van der Waals surface area (Å²) < 4.78 is 10.6. The smallest absolute Gasteiger partial charge is 0.251 e. The Labute approximate surface area is 154 Å². The number of ether oxygens (including phenoxy) is 2. The zero-order chi connectivity index (χ0) is 18.4. The fraction of sp³-hybridized carbons (Fsp3) is 0.381. The molecule has 0 bridgehead atoms. The van der Waals surface area contributed by atoms with Crippen molar-refractivity contribution in [2.45, 2.75) is 19.5 Å². The maximum atomic E-state index is 12.6. The van der Waals surface area contributed by atoms with Gasteiger partial charge in [0.15, 0.2) is 0 Å². The topological polar surface area (TPSA) is 50.8 Å². The number of nitrogens with zero attached hydrogens (tertiary/aromatic N) is 1. The van der Waals surface area contributed by atoms with Gasteiger partial charge in [0, 0.05) is 25.2 Å². The third-order valence-electron chi connectivity index (χ3n) is 4.66. The molecule has 1 heterocycles. The van der Waals surface area contributed by atoms with Gasteiger partial charge in [-0.15, -0.1) is 0 Å². The summed E-state index contributed by atoms with van der Waals surface area (Å²) in [5.41, 5.74) is 2.89. The Kier molecular flexibility index (Phi) is 6.26. The molecule has 0 unspecified atom stereocenters. The first kappa shape index (κ1) is 18.4. The third kappa shape index (κ3) is 4.84. The number of carbonyl (C=O) groups is 1. The van der Waals surface area contributed by atoms with Crippen molar-refractivity contribution < 1.29 is 14.3 Å². The molecule has 2 aromatic carbocycles. The predicted octanol–water partition coefficient (Wildman–Crippen LogP) is 3.02. The number of benzene rings is 2. The molecule has 2 aromatic rings. The van der Waals surface area contributed by atoms with Crippen LogP contribution in [0.4, 0.5) is 0 Å². The highest BCUT2D eigenvalue weighted by Crippen LogP contribution is 2.18. The van der Waals surface area contributed by atoms with Crippen LogP contribution in [-0.2, 0) is 11.3 Å². The van der Waals surface area contributed by atoms with Crippen LogP contribution in [0, 0.1) is 0 Å². The summed E-state index contributed by atoms with van der Waals surface area (Å²) >= 11 is 0. The molecule has 0 radical (unpaired) electrons. The first-order chi connectivity index (χ1) is 12.7. The Morgan fingerprint density at radius 2 is 1.92 bits per heavy atom. The minimum Gasteiger partial charge on any atom is -0.497 e. The molecule has 0 aliphatic carbocycles. The van der Waals surface area contributed by atoms with Gasteiger partial charge in [-0.1, -0.05) is 24.3 Å². The first-order valence-corrected chi connectivity index (χ1v) is 8.99. The molecule has 1 aliphatic heterocycles. The lowest BCUT2D eigenvalue weighted by Gasteiger charge is -2.26. The van der Waals surface area contributed by atoms with Gasteiger partial charge in [0.2, 0.25) is 0 Å². The van der Waals surface area contributed by atoms with Crippen LogP contribution in [0.1, 0.15) is 34.5 Å². The highest BCUT2D eigenvalue weighted by Gasteiger charge is 2.14. The summed E-state index contributed by atoms with van der Waals surface area (Å²) in [6.07, 6.45) is 0. The van der Waals surface area contributed by atoms with Crippen molar-refractivity contribution in [2.24, 2.45) is 0 Å². The van der Waals surface area contributed by atoms with Gasteiger partial charge < -0.3 is 14.8 Å². The van der Waals surface area contributed by atoms with Crippen molar-refractivity contribution in [3.63, 3.8) is 0 Å². The number of hydrogen-bond acceptors (Lipinski definition) is 4. The molecule has 0 saturated carbocycles. The lowest BCUT2D eigenvalue weighted by atomic mass is 10.1. The van der Waals surface area contributed by atoms with Crippen LogP contribution in [0.25, 0.3) is 0 Å². The lowest BCUT2D eigenvalue weighted by molar-refractivity contribution is 0.0342. The maximum Gasteiger partial charge on any atom is 0.251 e. The molecule has 1 N–H and O–H groups in total. The van der Waals surface area contributed by atoms with Gasteiger partial charge in [0.05, 0.1) is 26.4 Å². The van der Waals surface area contributed by atoms with Gasteiger partial charge in [-0.25, -0.2) is 0 Å². The van der Waals surface area contributed by atoms with E-state index in [4.69, 9.17) is 9.47 Å². The monoisotopic (exact) mass is 354 g/mol. The van der Waals surface area contributed by atoms with E-state index in [1.165, 1.54) is 0 Å². The van der Waals surface area contributed by atoms with Crippen LogP contribution in [0.5, 0.6) is 5.75 Å². The normalized spacial score (nSPS) is 16.1. The van der Waals surface area contributed by atoms with Crippen LogP contribution < -0.4 is 10.1 Å². The van der Waals surface area contributed by atoms with Crippen LogP contribution in [0.2, 0.25) is 0 Å². The van der Waals surface area contributed by atoms with Gasteiger partial charge in [-0.2, -0.15) is 0 Å². The molecule has 5 nitrogen and oxygen atoms in total. The molecule has 1 atom stereocenters. The average molecular weight is 354 g/mol. The van der Waals surface area contributed by atoms with E-state index >= 15 is 0 Å². The zero-order valence-corrected chi connectivity index (χ0v) is 15.4. The van der Waals surface area contributed by atoms with Crippen molar-refractivity contribution in [2.75, 3.05) is 33.4 Å². The van der Waals surface area contributed by atoms with E-state index in [1.54, 1.807) is 7.11 Å². The molecule has 5 heteroatoms. The number of hydrogen-bond donors (Lipinski definition) is 1. The van der Waals surface area contributed by atoms with Crippen molar-refractivity contribution in [1.29, 1.82) is 0 Å². The molecule has 0 aromatic heterocycles. The Balaban J connectivity index is 1.62. The van der Waals surface area contributed by atoms with Gasteiger partial charge in [0.1, 0.15) is 5.75 Å². The van der Waals surface area contributed by atoms with Gasteiger partial charge in [0.25, 0.3) is 5.91 Å². The molecular weight excluding hydrogens is 328 g/mol. The van der Waals surface area contributed by atoms with E-state index in [0.717, 1.165) is 49.7 Å². The molecule has 138 valence electrons. The number of nitrogens with one attached hydrogen (secondary N) is 1. The summed E-state index contributed by atoms with van der Waals surface area (Å²) in [6.45, 7) is 6.25. The number of rotatable bonds is 6. The van der Waals surface area contributed by atoms with Crippen LogP contribution in [0.3, 0.4) is 0 Å². The van der Waals surface area contributed by atoms with Crippen LogP contribution in [-0.4, -0.2) is 44.2 Å². The van der Waals surface area contributed by atoms with Crippen molar-refractivity contribution in [3.8, 4) is 5.75 Å². The van der Waals surface area contributed by atoms with Crippen LogP contribution in [0.15, 0.2) is 48.5 Å². The highest BCUT2D eigenvalue weighted by atomic mass is 16.5. The minimum atomic E-state index is -0.0729. The maximum absolute atomic E-state index is 12.6. The van der Waals surface area contributed by atoms with Gasteiger partial charge in [-0.05, 0) is 42.3 Å². The van der Waals surface area contributed by atoms with E-state index in [-0.39, 0.29) is 11.9 Å². The molecule has 0 spiro atoms. The second-order valence-corrected chi connectivity index (χ2v) is 6.56. The summed E-state index contributed by atoms with van der Waals surface area (Å²) in [5, 5.41) is 3.07. The Morgan fingerprint density at radius 1 is 1.19 bits per heavy atom. The predicted molar refractivity (Wildman–Crippen MR) is 101 cm³/mol. The molecule has 1 amide bonds. The van der Waals surface area contributed by atoms with E-state index < -0.39 is 0 Å². The van der Waals surface area contributed by atoms with E-state index in [2.05, 4.69) is 16.3 Å². The molecule has 1 saturated heterocycles. The number of methoxy groups -OCH3 is 1. The Hall–Kier alpha value is -2.37. The minimum absolute atomic E-state index is 0.0582. The fourth-order valence-corrected chi connectivity index (χ4v) is 3.08. The molecule has 26 heavy (non-hydrogen) atoms. The lowest BCUT2D eigenvalue weighted by Crippen LogP contribution is -2.35. The highest BCUT2D eigenvalue weighted by molar-refractivity contribution is 5.94. The van der Waals surface area contributed by atoms with E-state index in [9.17, 15) is 4.79 Å². The van der Waals surface area contributed by atoms with Gasteiger partial charge in [-0.3, -0.25) is 9.69 Å². The zero-order valence-electron chi connectivity index (χ0n) is 15.4. The largest absolute Gasteiger partial charge is 0.497 e. The SMILES string of the molecule is COc1ccc([C@H](C)NC(=O)c2cccc(CN3CCOCC3)c2)cc1. The summed E-state index contributed by atoms with van der Waals surface area (Å²) in [7, 11) is 1.64. The summed E-state index contributed by atoms with van der Waals surface area (Å²) in [4.78, 5) is 15.0. The number of morpholine rings is 1. The molecule has 1 aliphatic rings. The Morgan fingerprint density at radius 3 is 2.62 bits per heavy atom. The standard InChI is InChI=1S/C21H26N2O3/c1-16(18-6-8-20(25-2)9-7-18)22-21(24)19-5-3-4-17(14-19)15-23-10-12-26-13-11-23/h3-9,14,16H,10-13,15H2,1-2H3,(H,22,24)/t16-/m0/s1. The number of amides is 1. The number of carbonyl (C=O) groups excluding carboxylic acids is 1. The van der Waals surface area contributed by atoms with Crippen LogP contribution >= 0.6 is 0 Å². The average Bonchev–Trinajstić information content (AvgIpc) is 2.69. The quantitative estimate of drug-likeness (QED) is 0.866. The summed E-state index contributed by atoms with van der Waals surface area (Å²) in [6, 6.07) is 15.5. The molecule has 1 fully saturated rings. The second kappa shape index (κ2) is 8.83. The third-order valence-corrected chi connectivity index (χ3v) is 4.66. The van der Waals surface area contributed by atoms with E-state index in [1.807, 2.05) is 49.4 Å². The molecule has 3 rings (SSSR count). The van der Waals surface area contributed by atoms with Crippen molar-refractivity contribution in [1.82, 2.24) is 10.2 Å². The van der Waals surface area contributed by atoms with Gasteiger partial charge >= 0.3 is 0 Å². The van der Waals surface area contributed by atoms with E-state index in [0.29, 0.717) is 5.56 Å². The van der Waals surface area contributed by atoms with Crippen molar-refractivity contribution in [3.05, 3.63) is 65.2 Å². The second-order valence-electron chi connectivity index (χ2n) is 6.56. The summed E-state index contributed by atoms with van der Waals surface area (Å²) in [5.74, 6) is 0.750. The first-order valence-electron chi connectivity index (χ1n) is 8.99. The fourth-order valence-electron chi connectivity index (χ4n) is 3.08.